The van der Waals surface area contributed by atoms with Gasteiger partial charge in [-0.3, -0.25) is 14.6 Å². The van der Waals surface area contributed by atoms with Crippen LogP contribution in [0.5, 0.6) is 0 Å². The Morgan fingerprint density at radius 3 is 2.67 bits per heavy atom. The first-order chi connectivity index (χ1) is 9.83. The summed E-state index contributed by atoms with van der Waals surface area (Å²) in [7, 11) is 2.07. The first-order valence-electron chi connectivity index (χ1n) is 7.20. The summed E-state index contributed by atoms with van der Waals surface area (Å²) in [5.74, 6) is -0.138. The lowest BCUT2D eigenvalue weighted by molar-refractivity contribution is -0.130. The summed E-state index contributed by atoms with van der Waals surface area (Å²) < 4.78 is 0. The van der Waals surface area contributed by atoms with Crippen molar-refractivity contribution in [2.24, 2.45) is 0 Å². The van der Waals surface area contributed by atoms with E-state index < -0.39 is 5.54 Å². The van der Waals surface area contributed by atoms with Crippen LogP contribution in [0.25, 0.3) is 0 Å². The highest BCUT2D eigenvalue weighted by atomic mass is 32.1. The zero-order valence-corrected chi connectivity index (χ0v) is 13.9. The summed E-state index contributed by atoms with van der Waals surface area (Å²) in [6.45, 7) is 6.95. The molecule has 0 radical (unpaired) electrons. The van der Waals surface area contributed by atoms with Gasteiger partial charge in [0.15, 0.2) is 0 Å². The van der Waals surface area contributed by atoms with Crippen LogP contribution in [-0.2, 0) is 4.79 Å². The molecule has 6 heteroatoms. The molecule has 0 aromatic carbocycles. The van der Waals surface area contributed by atoms with Crippen LogP contribution in [0.2, 0.25) is 0 Å². The van der Waals surface area contributed by atoms with E-state index in [2.05, 4.69) is 41.7 Å². The molecule has 1 N–H and O–H groups in total. The molecule has 3 amide bonds. The van der Waals surface area contributed by atoms with Crippen molar-refractivity contribution in [3.05, 3.63) is 22.4 Å². The highest BCUT2D eigenvalue weighted by Gasteiger charge is 2.43. The number of carbonyl (C=O) groups excluding carboxylic acids is 2. The fraction of sp³-hybridized carbons (Fsp3) is 0.600. The molecule has 0 saturated carbocycles. The minimum atomic E-state index is -0.771. The lowest BCUT2D eigenvalue weighted by atomic mass is 10.1. The van der Waals surface area contributed by atoms with Crippen LogP contribution in [0.4, 0.5) is 4.79 Å². The first-order valence-corrected chi connectivity index (χ1v) is 8.08. The van der Waals surface area contributed by atoms with Crippen LogP contribution in [0.3, 0.4) is 0 Å². The van der Waals surface area contributed by atoms with E-state index in [9.17, 15) is 9.59 Å². The number of amides is 3. The number of nitrogens with zero attached hydrogens (tertiary/aromatic N) is 2. The summed E-state index contributed by atoms with van der Waals surface area (Å²) in [6.07, 6.45) is 0.779. The summed E-state index contributed by atoms with van der Waals surface area (Å²) in [4.78, 5) is 28.7. The summed E-state index contributed by atoms with van der Waals surface area (Å²) in [6, 6.07) is 4.26. The molecule has 21 heavy (non-hydrogen) atoms. The van der Waals surface area contributed by atoms with E-state index in [1.165, 1.54) is 9.78 Å². The van der Waals surface area contributed by atoms with E-state index in [4.69, 9.17) is 0 Å². The Balaban J connectivity index is 1.82. The van der Waals surface area contributed by atoms with Crippen LogP contribution in [0.1, 0.15) is 38.1 Å². The van der Waals surface area contributed by atoms with Gasteiger partial charge >= 0.3 is 6.03 Å². The Morgan fingerprint density at radius 1 is 1.43 bits per heavy atom. The van der Waals surface area contributed by atoms with E-state index in [0.29, 0.717) is 12.6 Å². The summed E-state index contributed by atoms with van der Waals surface area (Å²) in [5, 5.41) is 4.78. The fourth-order valence-electron chi connectivity index (χ4n) is 2.44. The molecule has 0 spiro atoms. The molecule has 0 aliphatic carbocycles. The van der Waals surface area contributed by atoms with Crippen molar-refractivity contribution in [2.75, 3.05) is 20.1 Å². The van der Waals surface area contributed by atoms with Gasteiger partial charge in [-0.05, 0) is 45.7 Å². The quantitative estimate of drug-likeness (QED) is 0.821. The van der Waals surface area contributed by atoms with Crippen molar-refractivity contribution in [3.63, 3.8) is 0 Å². The molecule has 1 aromatic heterocycles. The zero-order chi connectivity index (χ0) is 15.6. The molecule has 5 nitrogen and oxygen atoms in total. The second kappa shape index (κ2) is 6.15. The molecular formula is C15H23N3O2S. The molecule has 1 aromatic rings. The standard InChI is InChI=1S/C15H23N3O2S/c1-11(12-7-5-10-21-12)17(4)8-6-9-18-13(19)15(2,3)16-14(18)20/h5,7,10-11H,6,8-9H2,1-4H3,(H,16,20)/t11-/m0/s1. The van der Waals surface area contributed by atoms with Gasteiger partial charge in [-0.15, -0.1) is 11.3 Å². The topological polar surface area (TPSA) is 52.6 Å². The summed E-state index contributed by atoms with van der Waals surface area (Å²) in [5.41, 5.74) is -0.771. The Bertz CT molecular complexity index is 513. The summed E-state index contributed by atoms with van der Waals surface area (Å²) >= 11 is 1.75. The van der Waals surface area contributed by atoms with Gasteiger partial charge in [0.05, 0.1) is 0 Å². The number of carbonyl (C=O) groups is 2. The number of rotatable bonds is 6. The van der Waals surface area contributed by atoms with Crippen molar-refractivity contribution < 1.29 is 9.59 Å². The normalized spacial score (nSPS) is 19.2. The minimum absolute atomic E-state index is 0.138. The highest BCUT2D eigenvalue weighted by Crippen LogP contribution is 2.23. The Morgan fingerprint density at radius 2 is 2.14 bits per heavy atom. The van der Waals surface area contributed by atoms with Gasteiger partial charge in [0.2, 0.25) is 0 Å². The second-order valence-electron chi connectivity index (χ2n) is 6.04. The maximum absolute atomic E-state index is 12.1. The highest BCUT2D eigenvalue weighted by molar-refractivity contribution is 7.10. The number of thiophene rings is 1. The molecule has 1 atom stereocenters. The Hall–Kier alpha value is -1.40. The number of hydrogen-bond donors (Lipinski definition) is 1. The van der Waals surface area contributed by atoms with Crippen molar-refractivity contribution in [2.45, 2.75) is 38.8 Å². The van der Waals surface area contributed by atoms with Crippen molar-refractivity contribution in [1.82, 2.24) is 15.1 Å². The minimum Gasteiger partial charge on any atom is -0.324 e. The van der Waals surface area contributed by atoms with Crippen LogP contribution in [0.15, 0.2) is 17.5 Å². The molecule has 0 unspecified atom stereocenters. The molecule has 0 bridgehead atoms. The predicted molar refractivity (Wildman–Crippen MR) is 84.3 cm³/mol. The van der Waals surface area contributed by atoms with E-state index >= 15 is 0 Å². The first kappa shape index (κ1) is 16.0. The maximum Gasteiger partial charge on any atom is 0.325 e. The molecule has 116 valence electrons. The number of nitrogens with one attached hydrogen (secondary N) is 1. The smallest absolute Gasteiger partial charge is 0.324 e. The fourth-order valence-corrected chi connectivity index (χ4v) is 3.29. The van der Waals surface area contributed by atoms with Crippen LogP contribution >= 0.6 is 11.3 Å². The van der Waals surface area contributed by atoms with Gasteiger partial charge in [0.25, 0.3) is 5.91 Å². The maximum atomic E-state index is 12.1. The molecule has 1 fully saturated rings. The van der Waals surface area contributed by atoms with Crippen LogP contribution in [0, 0.1) is 0 Å². The molecule has 1 saturated heterocycles. The van der Waals surface area contributed by atoms with Gasteiger partial charge in [-0.2, -0.15) is 0 Å². The number of imide groups is 1. The van der Waals surface area contributed by atoms with Crippen LogP contribution in [-0.4, -0.2) is 47.4 Å². The third-order valence-corrected chi connectivity index (χ3v) is 5.00. The third-order valence-electron chi connectivity index (χ3n) is 3.95. The lowest BCUT2D eigenvalue weighted by Crippen LogP contribution is -2.40. The molecular weight excluding hydrogens is 286 g/mol. The monoisotopic (exact) mass is 309 g/mol. The van der Waals surface area contributed by atoms with Crippen molar-refractivity contribution >= 4 is 23.3 Å². The molecule has 1 aliphatic rings. The van der Waals surface area contributed by atoms with E-state index in [-0.39, 0.29) is 11.9 Å². The predicted octanol–water partition coefficient (Wildman–Crippen LogP) is 2.46. The third kappa shape index (κ3) is 3.44. The largest absolute Gasteiger partial charge is 0.325 e. The van der Waals surface area contributed by atoms with E-state index in [0.717, 1.165) is 13.0 Å². The average molecular weight is 309 g/mol. The van der Waals surface area contributed by atoms with Crippen molar-refractivity contribution in [3.8, 4) is 0 Å². The Kier molecular flexibility index (Phi) is 4.68. The van der Waals surface area contributed by atoms with Gasteiger partial charge in [-0.1, -0.05) is 6.07 Å². The van der Waals surface area contributed by atoms with Gasteiger partial charge in [0.1, 0.15) is 5.54 Å². The number of urea groups is 1. The molecule has 2 heterocycles. The molecule has 1 aliphatic heterocycles. The second-order valence-corrected chi connectivity index (χ2v) is 7.02. The van der Waals surface area contributed by atoms with E-state index in [1.807, 2.05) is 0 Å². The lowest BCUT2D eigenvalue weighted by Gasteiger charge is -2.24. The number of hydrogen-bond acceptors (Lipinski definition) is 4. The van der Waals surface area contributed by atoms with Crippen LogP contribution < -0.4 is 5.32 Å². The average Bonchev–Trinajstić information content (AvgIpc) is 3.00. The SMILES string of the molecule is C[C@@H](c1cccs1)N(C)CCCN1C(=O)NC(C)(C)C1=O. The van der Waals surface area contributed by atoms with Crippen molar-refractivity contribution in [1.29, 1.82) is 0 Å². The van der Waals surface area contributed by atoms with E-state index in [1.54, 1.807) is 25.2 Å². The van der Waals surface area contributed by atoms with Gasteiger partial charge in [-0.25, -0.2) is 4.79 Å². The van der Waals surface area contributed by atoms with Gasteiger partial charge < -0.3 is 5.32 Å². The van der Waals surface area contributed by atoms with Gasteiger partial charge in [0, 0.05) is 24.0 Å². The molecule has 2 rings (SSSR count). The zero-order valence-electron chi connectivity index (χ0n) is 13.0. The Labute approximate surface area is 129 Å².